The van der Waals surface area contributed by atoms with Gasteiger partial charge in [-0.2, -0.15) is 5.10 Å². The summed E-state index contributed by atoms with van der Waals surface area (Å²) in [6, 6.07) is 9.28. The third kappa shape index (κ3) is 3.30. The zero-order chi connectivity index (χ0) is 16.1. The highest BCUT2D eigenvalue weighted by atomic mass is 16.6. The van der Waals surface area contributed by atoms with Crippen LogP contribution in [0, 0.1) is 10.1 Å². The maximum atomic E-state index is 12.4. The normalized spacial score (nSPS) is 11.9. The number of benzene rings is 1. The van der Waals surface area contributed by atoms with Gasteiger partial charge in [0.15, 0.2) is 0 Å². The molecular weight excluding hydrogens is 284 g/mol. The molecule has 22 heavy (non-hydrogen) atoms. The van der Waals surface area contributed by atoms with Crippen LogP contribution < -0.4 is 5.32 Å². The van der Waals surface area contributed by atoms with Crippen LogP contribution in [0.2, 0.25) is 0 Å². The molecule has 1 N–H and O–H groups in total. The second-order valence-corrected chi connectivity index (χ2v) is 4.82. The van der Waals surface area contributed by atoms with Crippen molar-refractivity contribution in [2.45, 2.75) is 32.9 Å². The first-order valence-corrected chi connectivity index (χ1v) is 7.14. The van der Waals surface area contributed by atoms with E-state index < -0.39 is 10.8 Å². The van der Waals surface area contributed by atoms with E-state index in [-0.39, 0.29) is 17.4 Å². The predicted octanol–water partition coefficient (Wildman–Crippen LogP) is 2.69. The molecule has 0 aliphatic carbocycles. The van der Waals surface area contributed by atoms with Crippen LogP contribution in [0.3, 0.4) is 0 Å². The second-order valence-electron chi connectivity index (χ2n) is 4.82. The summed E-state index contributed by atoms with van der Waals surface area (Å²) in [7, 11) is 0. The maximum absolute atomic E-state index is 12.4. The first-order valence-electron chi connectivity index (χ1n) is 7.14. The maximum Gasteiger partial charge on any atom is 0.320 e. The minimum absolute atomic E-state index is 0.152. The van der Waals surface area contributed by atoms with Gasteiger partial charge in [0.05, 0.1) is 11.0 Å². The van der Waals surface area contributed by atoms with Gasteiger partial charge < -0.3 is 5.32 Å². The van der Waals surface area contributed by atoms with E-state index >= 15 is 0 Å². The van der Waals surface area contributed by atoms with E-state index in [0.29, 0.717) is 13.0 Å². The van der Waals surface area contributed by atoms with E-state index in [9.17, 15) is 14.9 Å². The fourth-order valence-electron chi connectivity index (χ4n) is 2.20. The molecule has 0 fully saturated rings. The number of nitrogens with zero attached hydrogens (tertiary/aromatic N) is 3. The van der Waals surface area contributed by atoms with Crippen LogP contribution in [0.15, 0.2) is 36.5 Å². The van der Waals surface area contributed by atoms with Crippen LogP contribution in [0.25, 0.3) is 0 Å². The number of hydrogen-bond acceptors (Lipinski definition) is 4. The van der Waals surface area contributed by atoms with Gasteiger partial charge in [-0.1, -0.05) is 37.3 Å². The predicted molar refractivity (Wildman–Crippen MR) is 81.5 cm³/mol. The molecule has 7 heteroatoms. The van der Waals surface area contributed by atoms with Crippen LogP contribution in [-0.2, 0) is 6.54 Å². The molecule has 0 radical (unpaired) electrons. The lowest BCUT2D eigenvalue weighted by Crippen LogP contribution is -2.29. The van der Waals surface area contributed by atoms with Crippen LogP contribution in [0.5, 0.6) is 0 Å². The Bertz CT molecular complexity index is 667. The second kappa shape index (κ2) is 6.84. The average Bonchev–Trinajstić information content (AvgIpc) is 2.98. The Morgan fingerprint density at radius 3 is 2.59 bits per heavy atom. The number of carbonyl (C=O) groups is 1. The molecule has 0 aliphatic heterocycles. The van der Waals surface area contributed by atoms with Crippen LogP contribution in [0.1, 0.15) is 42.4 Å². The van der Waals surface area contributed by atoms with Crippen molar-refractivity contribution >= 4 is 11.6 Å². The van der Waals surface area contributed by atoms with Crippen molar-refractivity contribution in [2.24, 2.45) is 0 Å². The molecule has 0 saturated carbocycles. The quantitative estimate of drug-likeness (QED) is 0.656. The Balaban J connectivity index is 2.24. The Morgan fingerprint density at radius 1 is 1.36 bits per heavy atom. The van der Waals surface area contributed by atoms with Crippen molar-refractivity contribution in [3.63, 3.8) is 0 Å². The van der Waals surface area contributed by atoms with Crippen LogP contribution >= 0.6 is 0 Å². The van der Waals surface area contributed by atoms with E-state index in [1.165, 1.54) is 10.9 Å². The summed E-state index contributed by atoms with van der Waals surface area (Å²) >= 11 is 0. The Kier molecular flexibility index (Phi) is 4.88. The van der Waals surface area contributed by atoms with Gasteiger partial charge in [0.1, 0.15) is 6.20 Å². The first kappa shape index (κ1) is 15.7. The van der Waals surface area contributed by atoms with Gasteiger partial charge >= 0.3 is 5.69 Å². The van der Waals surface area contributed by atoms with Gasteiger partial charge in [-0.3, -0.25) is 19.6 Å². The first-order chi connectivity index (χ1) is 10.6. The molecule has 0 saturated heterocycles. The summed E-state index contributed by atoms with van der Waals surface area (Å²) in [5, 5.41) is 17.9. The SMILES string of the molecule is CCC(NC(=O)c1nn(CC)cc1[N+](=O)[O-])c1ccccc1. The van der Waals surface area contributed by atoms with Crippen molar-refractivity contribution in [1.29, 1.82) is 0 Å². The molecule has 116 valence electrons. The Hall–Kier alpha value is -2.70. The molecular formula is C15H18N4O3. The van der Waals surface area contributed by atoms with Crippen molar-refractivity contribution < 1.29 is 9.72 Å². The number of amides is 1. The molecule has 1 aromatic heterocycles. The number of nitrogens with one attached hydrogen (secondary N) is 1. The summed E-state index contributed by atoms with van der Waals surface area (Å²) < 4.78 is 1.39. The van der Waals surface area contributed by atoms with Crippen molar-refractivity contribution in [3.8, 4) is 0 Å². The molecule has 1 heterocycles. The van der Waals surface area contributed by atoms with Gasteiger partial charge in [0, 0.05) is 6.54 Å². The number of rotatable bonds is 6. The number of hydrogen-bond donors (Lipinski definition) is 1. The van der Waals surface area contributed by atoms with Gasteiger partial charge in [-0.25, -0.2) is 0 Å². The molecule has 1 aromatic carbocycles. The zero-order valence-corrected chi connectivity index (χ0v) is 12.5. The minimum Gasteiger partial charge on any atom is -0.344 e. The van der Waals surface area contributed by atoms with Gasteiger partial charge in [-0.15, -0.1) is 0 Å². The van der Waals surface area contributed by atoms with Gasteiger partial charge in [-0.05, 0) is 18.9 Å². The number of aryl methyl sites for hydroxylation is 1. The van der Waals surface area contributed by atoms with E-state index in [4.69, 9.17) is 0 Å². The van der Waals surface area contributed by atoms with Crippen molar-refractivity contribution in [3.05, 3.63) is 57.9 Å². The number of carbonyl (C=O) groups excluding carboxylic acids is 1. The van der Waals surface area contributed by atoms with E-state index in [0.717, 1.165) is 5.56 Å². The number of aromatic nitrogens is 2. The third-order valence-electron chi connectivity index (χ3n) is 3.39. The smallest absolute Gasteiger partial charge is 0.320 e. The fourth-order valence-corrected chi connectivity index (χ4v) is 2.20. The summed E-state index contributed by atoms with van der Waals surface area (Å²) in [5.74, 6) is -0.533. The van der Waals surface area contributed by atoms with E-state index in [2.05, 4.69) is 10.4 Å². The zero-order valence-electron chi connectivity index (χ0n) is 12.5. The average molecular weight is 302 g/mol. The lowest BCUT2D eigenvalue weighted by Gasteiger charge is -2.16. The molecule has 1 atom stereocenters. The molecule has 0 bridgehead atoms. The molecule has 1 amide bonds. The Morgan fingerprint density at radius 2 is 2.05 bits per heavy atom. The van der Waals surface area contributed by atoms with Crippen LogP contribution in [0.4, 0.5) is 5.69 Å². The molecule has 0 spiro atoms. The van der Waals surface area contributed by atoms with Crippen molar-refractivity contribution in [1.82, 2.24) is 15.1 Å². The van der Waals surface area contributed by atoms with Gasteiger partial charge in [0.2, 0.25) is 5.69 Å². The molecule has 2 rings (SSSR count). The van der Waals surface area contributed by atoms with Crippen molar-refractivity contribution in [2.75, 3.05) is 0 Å². The largest absolute Gasteiger partial charge is 0.344 e. The Labute approximate surface area is 128 Å². The number of nitro groups is 1. The summed E-state index contributed by atoms with van der Waals surface area (Å²) in [5.41, 5.74) is 0.527. The summed E-state index contributed by atoms with van der Waals surface area (Å²) in [4.78, 5) is 22.8. The van der Waals surface area contributed by atoms with Gasteiger partial charge in [0.25, 0.3) is 5.91 Å². The summed E-state index contributed by atoms with van der Waals surface area (Å²) in [6.07, 6.45) is 1.95. The lowest BCUT2D eigenvalue weighted by molar-refractivity contribution is -0.385. The topological polar surface area (TPSA) is 90.1 Å². The van der Waals surface area contributed by atoms with E-state index in [1.54, 1.807) is 6.92 Å². The third-order valence-corrected chi connectivity index (χ3v) is 3.39. The van der Waals surface area contributed by atoms with Crippen LogP contribution in [-0.4, -0.2) is 20.6 Å². The summed E-state index contributed by atoms with van der Waals surface area (Å²) in [6.45, 7) is 4.21. The molecule has 0 aliphatic rings. The minimum atomic E-state index is -0.586. The highest BCUT2D eigenvalue weighted by Gasteiger charge is 2.26. The molecule has 7 nitrogen and oxygen atoms in total. The highest BCUT2D eigenvalue weighted by molar-refractivity contribution is 5.96. The fraction of sp³-hybridized carbons (Fsp3) is 0.333. The monoisotopic (exact) mass is 302 g/mol. The highest BCUT2D eigenvalue weighted by Crippen LogP contribution is 2.20. The standard InChI is InChI=1S/C15H18N4O3/c1-3-12(11-8-6-5-7-9-11)16-15(20)14-13(19(21)22)10-18(4-2)17-14/h5-10,12H,3-4H2,1-2H3,(H,16,20). The lowest BCUT2D eigenvalue weighted by atomic mass is 10.0. The molecule has 2 aromatic rings. The molecule has 1 unspecified atom stereocenters. The van der Waals surface area contributed by atoms with E-state index in [1.807, 2.05) is 37.3 Å².